The first-order valence-electron chi connectivity index (χ1n) is 24.8. The summed E-state index contributed by atoms with van der Waals surface area (Å²) in [6, 6.07) is 9.78. The normalized spacial score (nSPS) is 16.3. The quantitative estimate of drug-likeness (QED) is 0.0469. The van der Waals surface area contributed by atoms with E-state index in [9.17, 15) is 73.5 Å². The Morgan fingerprint density at radius 2 is 1.11 bits per heavy atom. The molecule has 3 aromatic rings. The fourth-order valence-electron chi connectivity index (χ4n) is 8.83. The summed E-state index contributed by atoms with van der Waals surface area (Å²) in [5.41, 5.74) is 2.20. The van der Waals surface area contributed by atoms with E-state index >= 15 is 0 Å². The Hall–Kier alpha value is -7.81. The van der Waals surface area contributed by atoms with Gasteiger partial charge in [-0.3, -0.25) is 58.1 Å². The molecule has 0 unspecified atom stereocenters. The molecule has 1 fully saturated rings. The van der Waals surface area contributed by atoms with E-state index in [1.54, 1.807) is 25.7 Å². The Morgan fingerprint density at radius 1 is 0.566 bits per heavy atom. The molecule has 412 valence electrons. The van der Waals surface area contributed by atoms with Gasteiger partial charge in [0.25, 0.3) is 5.91 Å². The fraction of sp³-hybridized carbons (Fsp3) is 0.500. The monoisotopic (exact) mass is 1060 g/mol. The molecule has 76 heavy (non-hydrogen) atoms. The van der Waals surface area contributed by atoms with Crippen molar-refractivity contribution >= 4 is 70.3 Å². The molecule has 5 rings (SSSR count). The molecule has 2 aliphatic heterocycles. The maximum Gasteiger partial charge on any atom is 0.326 e. The maximum atomic E-state index is 13.9. The zero-order valence-electron chi connectivity index (χ0n) is 41.9. The van der Waals surface area contributed by atoms with Crippen molar-refractivity contribution in [2.24, 2.45) is 0 Å². The molecular weight excluding hydrogens is 997 g/mol. The van der Waals surface area contributed by atoms with Gasteiger partial charge in [-0.25, -0.2) is 14.4 Å². The fourth-order valence-corrected chi connectivity index (χ4v) is 8.83. The third-order valence-electron chi connectivity index (χ3n) is 13.0. The van der Waals surface area contributed by atoms with Crippen LogP contribution in [0.15, 0.2) is 54.7 Å². The number of carboxylic acid groups (broad SMARTS) is 6. The highest BCUT2D eigenvalue weighted by atomic mass is 16.4. The van der Waals surface area contributed by atoms with Crippen LogP contribution in [0.3, 0.4) is 0 Å². The number of pyridine rings is 1. The molecule has 0 spiro atoms. The smallest absolute Gasteiger partial charge is 0.326 e. The van der Waals surface area contributed by atoms with Crippen LogP contribution >= 0.6 is 0 Å². The van der Waals surface area contributed by atoms with Gasteiger partial charge in [0.1, 0.15) is 18.1 Å². The van der Waals surface area contributed by atoms with Crippen molar-refractivity contribution in [2.75, 3.05) is 91.6 Å². The number of urea groups is 1. The van der Waals surface area contributed by atoms with Gasteiger partial charge in [0.2, 0.25) is 11.8 Å². The van der Waals surface area contributed by atoms with Gasteiger partial charge < -0.3 is 56.8 Å². The van der Waals surface area contributed by atoms with E-state index in [4.69, 9.17) is 5.11 Å². The minimum absolute atomic E-state index is 0.0580. The van der Waals surface area contributed by atoms with Crippen LogP contribution in [0.4, 0.5) is 4.79 Å². The summed E-state index contributed by atoms with van der Waals surface area (Å²) in [5.74, 6) is -8.71. The van der Waals surface area contributed by atoms with Crippen molar-refractivity contribution < 1.29 is 78.6 Å². The number of amides is 5. The van der Waals surface area contributed by atoms with E-state index in [2.05, 4.69) is 26.3 Å². The van der Waals surface area contributed by atoms with E-state index in [1.807, 2.05) is 47.4 Å². The molecule has 0 radical (unpaired) electrons. The number of carbonyl (C=O) groups excluding carboxylic acids is 4. The number of benzene rings is 2. The molecule has 0 bridgehead atoms. The van der Waals surface area contributed by atoms with Crippen LogP contribution in [0.1, 0.15) is 59.3 Å². The van der Waals surface area contributed by atoms with Crippen molar-refractivity contribution in [3.63, 3.8) is 0 Å². The molecule has 0 saturated carbocycles. The molecule has 0 aliphatic carbocycles. The lowest BCUT2D eigenvalue weighted by atomic mass is 10.00. The summed E-state index contributed by atoms with van der Waals surface area (Å²) in [6.45, 7) is 1.50. The highest BCUT2D eigenvalue weighted by molar-refractivity contribution is 5.98. The second kappa shape index (κ2) is 29.3. The number of carbonyl (C=O) groups is 10. The third kappa shape index (κ3) is 19.8. The standard InChI is InChI=1S/C50H66N10O16/c61-41(28-56-15-17-57(29-43(64)65)19-21-59(31-45(68)69)22-20-58(18-16-56)30-44(66)67)60-14-12-35-25-36(26-52-40(35)27-60)46(70)53-39(24-32-8-9-33-5-1-2-6-34(33)23-32)47(71)51-13-4-3-7-37(48(72)73)54-50(76)55-38(49(74)75)10-11-42(62)63/h1-2,5-6,8-9,23,25-26,37-39H,3-4,7,10-22,24,27-31H2,(H,51,71)(H,53,70)(H,62,63)(H,64,65)(H,66,67)(H,68,69)(H,72,73)(H,74,75)(H2,54,55,76)/t37-,38-,39-/m0/s1. The van der Waals surface area contributed by atoms with Crippen molar-refractivity contribution in [3.8, 4) is 0 Å². The largest absolute Gasteiger partial charge is 0.481 e. The summed E-state index contributed by atoms with van der Waals surface area (Å²) in [4.78, 5) is 136. The first-order valence-corrected chi connectivity index (χ1v) is 24.8. The lowest BCUT2D eigenvalue weighted by Gasteiger charge is -2.34. The lowest BCUT2D eigenvalue weighted by molar-refractivity contribution is -0.141. The van der Waals surface area contributed by atoms with E-state index < -0.39 is 84.6 Å². The third-order valence-corrected chi connectivity index (χ3v) is 13.0. The summed E-state index contributed by atoms with van der Waals surface area (Å²) in [6.07, 6.45) is 1.20. The molecule has 2 aromatic carbocycles. The van der Waals surface area contributed by atoms with Gasteiger partial charge in [-0.2, -0.15) is 0 Å². The average molecular weight is 1060 g/mol. The molecule has 26 nitrogen and oxygen atoms in total. The molecule has 1 saturated heterocycles. The Bertz CT molecular complexity index is 2550. The Balaban J connectivity index is 1.21. The van der Waals surface area contributed by atoms with Crippen LogP contribution in [-0.2, 0) is 57.7 Å². The van der Waals surface area contributed by atoms with Crippen LogP contribution < -0.4 is 21.3 Å². The molecular formula is C50H66N10O16. The number of rotatable bonds is 25. The first-order chi connectivity index (χ1) is 36.2. The van der Waals surface area contributed by atoms with E-state index in [0.29, 0.717) is 12.1 Å². The van der Waals surface area contributed by atoms with Gasteiger partial charge in [-0.1, -0.05) is 42.5 Å². The molecule has 5 amide bonds. The SMILES string of the molecule is O=C(O)CC[C@H](NC(=O)N[C@@H](CCCCNC(=O)[C@H](Cc1ccc2ccccc2c1)NC(=O)c1cnc2c(c1)CCN(C(=O)CN1CCN(CC(=O)O)CCN(CC(=O)O)CCN(CC(=O)O)CC1)C2)C(=O)O)C(=O)O. The Morgan fingerprint density at radius 3 is 1.64 bits per heavy atom. The molecule has 3 atom stereocenters. The number of nitrogens with one attached hydrogen (secondary N) is 4. The molecule has 26 heteroatoms. The molecule has 1 aromatic heterocycles. The second-order valence-electron chi connectivity index (χ2n) is 18.7. The van der Waals surface area contributed by atoms with Gasteiger partial charge >= 0.3 is 41.8 Å². The zero-order valence-corrected chi connectivity index (χ0v) is 41.9. The minimum atomic E-state index is -1.56. The number of unbranched alkanes of at least 4 members (excludes halogenated alkanes) is 1. The van der Waals surface area contributed by atoms with Crippen molar-refractivity contribution in [1.29, 1.82) is 0 Å². The predicted molar refractivity (Wildman–Crippen MR) is 269 cm³/mol. The Kier molecular flexibility index (Phi) is 22.8. The van der Waals surface area contributed by atoms with Gasteiger partial charge in [0.15, 0.2) is 0 Å². The molecule has 3 heterocycles. The molecule has 2 aliphatic rings. The number of hydrogen-bond donors (Lipinski definition) is 10. The lowest BCUT2D eigenvalue weighted by Crippen LogP contribution is -2.51. The van der Waals surface area contributed by atoms with Crippen molar-refractivity contribution in [1.82, 2.24) is 50.8 Å². The van der Waals surface area contributed by atoms with Gasteiger partial charge in [0.05, 0.1) is 44.0 Å². The van der Waals surface area contributed by atoms with E-state index in [1.165, 1.54) is 6.20 Å². The zero-order chi connectivity index (χ0) is 55.3. The number of hydrogen-bond acceptors (Lipinski definition) is 15. The van der Waals surface area contributed by atoms with E-state index in [0.717, 1.165) is 21.9 Å². The number of aromatic nitrogens is 1. The van der Waals surface area contributed by atoms with E-state index in [-0.39, 0.29) is 135 Å². The van der Waals surface area contributed by atoms with Gasteiger partial charge in [0, 0.05) is 84.5 Å². The highest BCUT2D eigenvalue weighted by Gasteiger charge is 2.29. The first kappa shape index (κ1) is 59.1. The Labute approximate surface area is 437 Å². The summed E-state index contributed by atoms with van der Waals surface area (Å²) >= 11 is 0. The summed E-state index contributed by atoms with van der Waals surface area (Å²) in [5, 5.41) is 68.3. The molecule has 10 N–H and O–H groups in total. The van der Waals surface area contributed by atoms with Gasteiger partial charge in [-0.15, -0.1) is 0 Å². The van der Waals surface area contributed by atoms with Crippen LogP contribution in [-0.4, -0.2) is 229 Å². The van der Waals surface area contributed by atoms with Crippen molar-refractivity contribution in [2.45, 2.75) is 69.6 Å². The van der Waals surface area contributed by atoms with Gasteiger partial charge in [-0.05, 0) is 60.1 Å². The topological polar surface area (TPSA) is 369 Å². The number of aliphatic carboxylic acids is 6. The second-order valence-corrected chi connectivity index (χ2v) is 18.7. The van der Waals surface area contributed by atoms with Crippen molar-refractivity contribution in [3.05, 3.63) is 77.1 Å². The number of nitrogens with zero attached hydrogens (tertiary/aromatic N) is 6. The summed E-state index contributed by atoms with van der Waals surface area (Å²) < 4.78 is 0. The number of carboxylic acids is 6. The minimum Gasteiger partial charge on any atom is -0.481 e. The average Bonchev–Trinajstić information content (AvgIpc) is 3.36. The van der Waals surface area contributed by atoms with Crippen LogP contribution in [0.25, 0.3) is 10.8 Å². The maximum absolute atomic E-state index is 13.9. The predicted octanol–water partition coefficient (Wildman–Crippen LogP) is -0.707. The van der Waals surface area contributed by atoms with Crippen LogP contribution in [0.5, 0.6) is 0 Å². The highest BCUT2D eigenvalue weighted by Crippen LogP contribution is 2.21. The summed E-state index contributed by atoms with van der Waals surface area (Å²) in [7, 11) is 0. The van der Waals surface area contributed by atoms with Crippen LogP contribution in [0, 0.1) is 0 Å². The number of fused-ring (bicyclic) bond motifs is 2. The van der Waals surface area contributed by atoms with Crippen LogP contribution in [0.2, 0.25) is 0 Å².